The van der Waals surface area contributed by atoms with E-state index in [0.29, 0.717) is 23.7 Å². The van der Waals surface area contributed by atoms with Crippen LogP contribution in [0.4, 0.5) is 5.69 Å². The number of aromatic nitrogens is 4. The number of hydrogen-bond acceptors (Lipinski definition) is 4. The number of aryl methyl sites for hydroxylation is 2. The van der Waals surface area contributed by atoms with Crippen molar-refractivity contribution in [3.8, 4) is 0 Å². The van der Waals surface area contributed by atoms with Crippen molar-refractivity contribution in [2.45, 2.75) is 39.7 Å². The fourth-order valence-corrected chi connectivity index (χ4v) is 3.78. The van der Waals surface area contributed by atoms with Crippen molar-refractivity contribution < 1.29 is 4.79 Å². The van der Waals surface area contributed by atoms with Crippen LogP contribution in [0.1, 0.15) is 41.9 Å². The Morgan fingerprint density at radius 1 is 1.06 bits per heavy atom. The lowest BCUT2D eigenvalue weighted by Gasteiger charge is -2.27. The van der Waals surface area contributed by atoms with Gasteiger partial charge in [0.1, 0.15) is 5.82 Å². The molecule has 2 aromatic carbocycles. The lowest BCUT2D eigenvalue weighted by Crippen LogP contribution is -2.35. The first-order chi connectivity index (χ1) is 15.0. The summed E-state index contributed by atoms with van der Waals surface area (Å²) < 4.78 is 1.30. The SMILES string of the molecule is CCC(C(=O)N(Cc1nc2nc(C)cc(=O)n2[nH]1)c1cccc(C)c1)c1ccccc1. The second-order valence-electron chi connectivity index (χ2n) is 7.68. The van der Waals surface area contributed by atoms with Crippen LogP contribution in [0, 0.1) is 13.8 Å². The van der Waals surface area contributed by atoms with Gasteiger partial charge in [-0.05, 0) is 43.5 Å². The third kappa shape index (κ3) is 4.26. The summed E-state index contributed by atoms with van der Waals surface area (Å²) in [6.07, 6.45) is 0.672. The second-order valence-corrected chi connectivity index (χ2v) is 7.68. The molecule has 0 bridgehead atoms. The zero-order chi connectivity index (χ0) is 22.0. The summed E-state index contributed by atoms with van der Waals surface area (Å²) in [4.78, 5) is 36.5. The molecule has 0 saturated carbocycles. The second kappa shape index (κ2) is 8.55. The molecule has 0 aliphatic carbocycles. The van der Waals surface area contributed by atoms with Crippen molar-refractivity contribution in [3.63, 3.8) is 0 Å². The van der Waals surface area contributed by atoms with Crippen molar-refractivity contribution >= 4 is 17.4 Å². The number of H-pyrrole nitrogens is 1. The van der Waals surface area contributed by atoms with E-state index >= 15 is 0 Å². The van der Waals surface area contributed by atoms with Gasteiger partial charge in [-0.1, -0.05) is 49.4 Å². The molecule has 7 nitrogen and oxygen atoms in total. The Labute approximate surface area is 180 Å². The Morgan fingerprint density at radius 3 is 2.55 bits per heavy atom. The van der Waals surface area contributed by atoms with Crippen molar-refractivity contribution in [1.82, 2.24) is 19.6 Å². The minimum Gasteiger partial charge on any atom is -0.304 e. The average Bonchev–Trinajstić information content (AvgIpc) is 3.16. The third-order valence-corrected chi connectivity index (χ3v) is 5.30. The highest BCUT2D eigenvalue weighted by molar-refractivity contribution is 5.98. The zero-order valence-electron chi connectivity index (χ0n) is 17.9. The maximum Gasteiger partial charge on any atom is 0.274 e. The molecule has 2 aromatic heterocycles. The Morgan fingerprint density at radius 2 is 1.84 bits per heavy atom. The average molecular weight is 415 g/mol. The van der Waals surface area contributed by atoms with Crippen LogP contribution in [0.3, 0.4) is 0 Å². The molecule has 1 unspecified atom stereocenters. The highest BCUT2D eigenvalue weighted by Crippen LogP contribution is 2.27. The molecule has 0 aliphatic heterocycles. The number of hydrogen-bond donors (Lipinski definition) is 1. The molecular weight excluding hydrogens is 390 g/mol. The van der Waals surface area contributed by atoms with Gasteiger partial charge in [-0.15, -0.1) is 0 Å². The Bertz CT molecular complexity index is 1280. The van der Waals surface area contributed by atoms with E-state index in [1.54, 1.807) is 11.8 Å². The van der Waals surface area contributed by atoms with Gasteiger partial charge < -0.3 is 4.90 Å². The molecule has 0 spiro atoms. The molecule has 0 saturated heterocycles. The van der Waals surface area contributed by atoms with Gasteiger partial charge in [-0.2, -0.15) is 9.50 Å². The lowest BCUT2D eigenvalue weighted by atomic mass is 9.94. The van der Waals surface area contributed by atoms with E-state index in [0.717, 1.165) is 16.8 Å². The number of fused-ring (bicyclic) bond motifs is 1. The molecule has 158 valence electrons. The van der Waals surface area contributed by atoms with E-state index in [-0.39, 0.29) is 23.9 Å². The standard InChI is InChI=1S/C24H25N5O2/c1-4-20(18-10-6-5-7-11-18)23(31)28(19-12-8-9-16(2)13-19)15-21-26-24-25-17(3)14-22(30)29(24)27-21/h5-14,20H,4,15H2,1-3H3,(H,25,26,27). The Balaban J connectivity index is 1.75. The maximum atomic E-state index is 13.7. The van der Waals surface area contributed by atoms with E-state index < -0.39 is 0 Å². The van der Waals surface area contributed by atoms with Crippen LogP contribution in [0.25, 0.3) is 5.78 Å². The number of nitrogens with zero attached hydrogens (tertiary/aromatic N) is 4. The predicted molar refractivity (Wildman–Crippen MR) is 120 cm³/mol. The smallest absolute Gasteiger partial charge is 0.274 e. The van der Waals surface area contributed by atoms with E-state index in [2.05, 4.69) is 15.1 Å². The highest BCUT2D eigenvalue weighted by atomic mass is 16.2. The number of nitrogens with one attached hydrogen (secondary N) is 1. The predicted octanol–water partition coefficient (Wildman–Crippen LogP) is 3.76. The van der Waals surface area contributed by atoms with Crippen LogP contribution in [-0.2, 0) is 11.3 Å². The summed E-state index contributed by atoms with van der Waals surface area (Å²) >= 11 is 0. The first-order valence-electron chi connectivity index (χ1n) is 10.3. The van der Waals surface area contributed by atoms with Gasteiger partial charge in [0.05, 0.1) is 12.5 Å². The quantitative estimate of drug-likeness (QED) is 0.520. The van der Waals surface area contributed by atoms with Crippen molar-refractivity contribution in [2.24, 2.45) is 0 Å². The Kier molecular flexibility index (Phi) is 5.66. The largest absolute Gasteiger partial charge is 0.304 e. The number of aromatic amines is 1. The third-order valence-electron chi connectivity index (χ3n) is 5.30. The zero-order valence-corrected chi connectivity index (χ0v) is 17.9. The highest BCUT2D eigenvalue weighted by Gasteiger charge is 2.27. The summed E-state index contributed by atoms with van der Waals surface area (Å²) in [6.45, 7) is 5.96. The van der Waals surface area contributed by atoms with Gasteiger partial charge in [-0.3, -0.25) is 14.7 Å². The molecule has 4 aromatic rings. The van der Waals surface area contributed by atoms with Crippen LogP contribution in [0.2, 0.25) is 0 Å². The molecule has 0 radical (unpaired) electrons. The van der Waals surface area contributed by atoms with E-state index in [4.69, 9.17) is 0 Å². The first-order valence-corrected chi connectivity index (χ1v) is 10.3. The summed E-state index contributed by atoms with van der Waals surface area (Å²) in [5.41, 5.74) is 3.19. The van der Waals surface area contributed by atoms with Crippen molar-refractivity contribution in [3.05, 3.63) is 93.7 Å². The number of carbonyl (C=O) groups is 1. The van der Waals surface area contributed by atoms with E-state index in [9.17, 15) is 9.59 Å². The number of amides is 1. The molecule has 0 aliphatic rings. The van der Waals surface area contributed by atoms with Crippen LogP contribution >= 0.6 is 0 Å². The van der Waals surface area contributed by atoms with Gasteiger partial charge in [0.2, 0.25) is 5.91 Å². The minimum absolute atomic E-state index is 0.0174. The summed E-state index contributed by atoms with van der Waals surface area (Å²) in [5, 5.41) is 2.99. The van der Waals surface area contributed by atoms with Crippen LogP contribution in [0.5, 0.6) is 0 Å². The number of rotatable bonds is 6. The van der Waals surface area contributed by atoms with E-state index in [1.165, 1.54) is 10.6 Å². The fraction of sp³-hybridized carbons (Fsp3) is 0.250. The molecule has 4 rings (SSSR count). The summed E-state index contributed by atoms with van der Waals surface area (Å²) in [6, 6.07) is 19.1. The van der Waals surface area contributed by atoms with Crippen LogP contribution in [-0.4, -0.2) is 25.5 Å². The molecule has 7 heteroatoms. The van der Waals surface area contributed by atoms with Gasteiger partial charge in [0.25, 0.3) is 11.3 Å². The van der Waals surface area contributed by atoms with Gasteiger partial charge >= 0.3 is 0 Å². The fourth-order valence-electron chi connectivity index (χ4n) is 3.78. The molecule has 31 heavy (non-hydrogen) atoms. The number of anilines is 1. The lowest BCUT2D eigenvalue weighted by molar-refractivity contribution is -0.120. The van der Waals surface area contributed by atoms with Gasteiger partial charge in [0, 0.05) is 17.4 Å². The summed E-state index contributed by atoms with van der Waals surface area (Å²) in [5.74, 6) is 0.491. The number of carbonyl (C=O) groups excluding carboxylic acids is 1. The molecule has 2 heterocycles. The first kappa shape index (κ1) is 20.5. The van der Waals surface area contributed by atoms with Gasteiger partial charge in [0.15, 0.2) is 0 Å². The molecular formula is C24H25N5O2. The van der Waals surface area contributed by atoms with Crippen LogP contribution < -0.4 is 10.5 Å². The molecule has 1 N–H and O–H groups in total. The normalized spacial score (nSPS) is 12.1. The number of benzene rings is 2. The summed E-state index contributed by atoms with van der Waals surface area (Å²) in [7, 11) is 0. The molecule has 1 amide bonds. The Hall–Kier alpha value is -3.74. The molecule has 1 atom stereocenters. The minimum atomic E-state index is -0.283. The van der Waals surface area contributed by atoms with Crippen molar-refractivity contribution in [1.29, 1.82) is 0 Å². The topological polar surface area (TPSA) is 83.4 Å². The van der Waals surface area contributed by atoms with Crippen molar-refractivity contribution in [2.75, 3.05) is 4.90 Å². The van der Waals surface area contributed by atoms with Gasteiger partial charge in [-0.25, -0.2) is 4.98 Å². The maximum absolute atomic E-state index is 13.7. The van der Waals surface area contributed by atoms with E-state index in [1.807, 2.05) is 68.4 Å². The van der Waals surface area contributed by atoms with Crippen LogP contribution in [0.15, 0.2) is 65.5 Å². The molecule has 0 fully saturated rings. The monoisotopic (exact) mass is 415 g/mol.